The molecule has 12 nitrogen and oxygen atoms in total. The van der Waals surface area contributed by atoms with Crippen LogP contribution in [0, 0.1) is 5.92 Å². The molecule has 0 radical (unpaired) electrons. The number of alkyl halides is 3. The van der Waals surface area contributed by atoms with Crippen molar-refractivity contribution >= 4 is 17.9 Å². The highest BCUT2D eigenvalue weighted by molar-refractivity contribution is 5.80. The Morgan fingerprint density at radius 3 is 2.34 bits per heavy atom. The fraction of sp³-hybridized carbons (Fsp3) is 0.615. The maximum Gasteiger partial charge on any atom is 0.419 e. The molecule has 41 heavy (non-hydrogen) atoms. The van der Waals surface area contributed by atoms with Gasteiger partial charge in [-0.1, -0.05) is 0 Å². The van der Waals surface area contributed by atoms with E-state index in [-0.39, 0.29) is 35.4 Å². The van der Waals surface area contributed by atoms with E-state index in [1.165, 1.54) is 0 Å². The molecule has 0 unspecified atom stereocenters. The van der Waals surface area contributed by atoms with Gasteiger partial charge in [0, 0.05) is 88.5 Å². The number of fused-ring (bicyclic) bond motifs is 1. The van der Waals surface area contributed by atoms with Gasteiger partial charge in [0.1, 0.15) is 0 Å². The zero-order chi connectivity index (χ0) is 28.7. The third-order valence-electron chi connectivity index (χ3n) is 8.50. The summed E-state index contributed by atoms with van der Waals surface area (Å²) in [7, 11) is 0. The Bertz CT molecular complexity index is 1350. The molecule has 2 N–H and O–H groups in total. The van der Waals surface area contributed by atoms with E-state index in [2.05, 4.69) is 30.4 Å². The number of hydrogen-bond donors (Lipinski definition) is 2. The van der Waals surface area contributed by atoms with E-state index in [1.807, 2.05) is 0 Å². The lowest BCUT2D eigenvalue weighted by atomic mass is 9.93. The minimum Gasteiger partial charge on any atom is -0.339 e. The van der Waals surface area contributed by atoms with Crippen molar-refractivity contribution in [2.45, 2.75) is 51.0 Å². The van der Waals surface area contributed by atoms with E-state index < -0.39 is 11.7 Å². The molecule has 0 aromatic carbocycles. The maximum absolute atomic E-state index is 13.1. The van der Waals surface area contributed by atoms with Crippen molar-refractivity contribution in [3.8, 4) is 0 Å². The zero-order valence-corrected chi connectivity index (χ0v) is 22.5. The molecule has 1 saturated carbocycles. The Morgan fingerprint density at radius 1 is 1.00 bits per heavy atom. The number of urea groups is 1. The summed E-state index contributed by atoms with van der Waals surface area (Å²) in [5.74, 6) is 0.104. The fourth-order valence-corrected chi connectivity index (χ4v) is 5.74. The lowest BCUT2D eigenvalue weighted by Crippen LogP contribution is -2.58. The molecule has 2 saturated heterocycles. The van der Waals surface area contributed by atoms with E-state index in [1.54, 1.807) is 14.7 Å². The van der Waals surface area contributed by atoms with Crippen LogP contribution in [0.4, 0.5) is 23.9 Å². The van der Waals surface area contributed by atoms with Crippen LogP contribution in [-0.4, -0.2) is 98.7 Å². The summed E-state index contributed by atoms with van der Waals surface area (Å²) in [6, 6.07) is 0.128. The Hall–Kier alpha value is -3.75. The third kappa shape index (κ3) is 5.72. The smallest absolute Gasteiger partial charge is 0.339 e. The van der Waals surface area contributed by atoms with E-state index >= 15 is 0 Å². The van der Waals surface area contributed by atoms with Gasteiger partial charge in [0.15, 0.2) is 0 Å². The van der Waals surface area contributed by atoms with Crippen molar-refractivity contribution in [1.29, 1.82) is 0 Å². The zero-order valence-electron chi connectivity index (χ0n) is 22.5. The van der Waals surface area contributed by atoms with E-state index in [0.29, 0.717) is 70.9 Å². The first kappa shape index (κ1) is 27.4. The molecule has 0 spiro atoms. The molecule has 1 aliphatic carbocycles. The standard InChI is InChI=1S/C26H32F3N9O3/c27-26(28,29)17-10-30-24(31-11-17)37-8-6-36(7-9-37)23(40)16-12-35(13-16)15-21-20-14-38(25(41)32-18-2-1-3-18)5-4-19(20)22(39)34-33-21/h10-11,16,18H,1-9,12-15H2,(H,32,41)(H,34,39). The molecule has 5 heterocycles. The molecule has 15 heteroatoms. The van der Waals surface area contributed by atoms with Gasteiger partial charge in [0.05, 0.1) is 17.2 Å². The van der Waals surface area contributed by atoms with Gasteiger partial charge in [-0.2, -0.15) is 18.3 Å². The van der Waals surface area contributed by atoms with Crippen molar-refractivity contribution < 1.29 is 22.8 Å². The van der Waals surface area contributed by atoms with Crippen LogP contribution in [-0.2, 0) is 30.5 Å². The Labute approximate surface area is 233 Å². The molecule has 3 aliphatic heterocycles. The largest absolute Gasteiger partial charge is 0.419 e. The number of aromatic amines is 1. The van der Waals surface area contributed by atoms with Crippen LogP contribution in [0.1, 0.15) is 41.6 Å². The highest BCUT2D eigenvalue weighted by atomic mass is 19.4. The van der Waals surface area contributed by atoms with Gasteiger partial charge < -0.3 is 20.0 Å². The van der Waals surface area contributed by atoms with Gasteiger partial charge in [-0.15, -0.1) is 0 Å². The molecule has 6 rings (SSSR count). The molecule has 3 amide bonds. The summed E-state index contributed by atoms with van der Waals surface area (Å²) in [5.41, 5.74) is 1.07. The number of aromatic nitrogens is 4. The number of amides is 3. The number of piperazine rings is 1. The van der Waals surface area contributed by atoms with Crippen molar-refractivity contribution in [3.05, 3.63) is 45.1 Å². The van der Waals surface area contributed by atoms with Crippen LogP contribution in [0.3, 0.4) is 0 Å². The minimum absolute atomic E-state index is 0.0459. The number of carbonyl (C=O) groups is 2. The van der Waals surface area contributed by atoms with Crippen molar-refractivity contribution in [2.24, 2.45) is 5.92 Å². The molecule has 2 aromatic heterocycles. The molecular weight excluding hydrogens is 543 g/mol. The lowest BCUT2D eigenvalue weighted by Gasteiger charge is -2.43. The first-order chi connectivity index (χ1) is 19.7. The van der Waals surface area contributed by atoms with Crippen LogP contribution in [0.15, 0.2) is 17.2 Å². The lowest BCUT2D eigenvalue weighted by molar-refractivity contribution is -0.142. The summed E-state index contributed by atoms with van der Waals surface area (Å²) in [6.07, 6.45) is 0.672. The summed E-state index contributed by atoms with van der Waals surface area (Å²) in [4.78, 5) is 53.3. The van der Waals surface area contributed by atoms with Crippen molar-refractivity contribution in [1.82, 2.24) is 40.2 Å². The second-order valence-corrected chi connectivity index (χ2v) is 11.2. The van der Waals surface area contributed by atoms with E-state index in [0.717, 1.165) is 42.9 Å². The number of hydrogen-bond acceptors (Lipinski definition) is 8. The number of nitrogens with one attached hydrogen (secondary N) is 2. The summed E-state index contributed by atoms with van der Waals surface area (Å²) < 4.78 is 38.3. The average Bonchev–Trinajstić information content (AvgIpc) is 2.92. The van der Waals surface area contributed by atoms with Crippen LogP contribution in [0.5, 0.6) is 0 Å². The molecule has 3 fully saturated rings. The average molecular weight is 576 g/mol. The number of halogens is 3. The maximum atomic E-state index is 13.1. The monoisotopic (exact) mass is 575 g/mol. The number of anilines is 1. The SMILES string of the molecule is O=C(NC1CCC1)N1CCc2c(c(CN3CC(C(=O)N4CCN(c5ncc(C(F)(F)F)cn5)CC4)C3)n[nH]c2=O)C1. The second kappa shape index (κ2) is 10.9. The number of carbonyl (C=O) groups excluding carboxylic acids is 2. The minimum atomic E-state index is -4.49. The highest BCUT2D eigenvalue weighted by Gasteiger charge is 2.38. The topological polar surface area (TPSA) is 131 Å². The number of H-pyrrole nitrogens is 1. The predicted octanol–water partition coefficient (Wildman–Crippen LogP) is 0.980. The van der Waals surface area contributed by atoms with Crippen LogP contribution in [0.2, 0.25) is 0 Å². The Kier molecular flexibility index (Phi) is 7.30. The van der Waals surface area contributed by atoms with Gasteiger partial charge in [-0.25, -0.2) is 19.9 Å². The quantitative estimate of drug-likeness (QED) is 0.540. The number of rotatable bonds is 5. The molecule has 220 valence electrons. The second-order valence-electron chi connectivity index (χ2n) is 11.2. The van der Waals surface area contributed by atoms with Crippen LogP contribution in [0.25, 0.3) is 0 Å². The van der Waals surface area contributed by atoms with Gasteiger partial charge >= 0.3 is 12.2 Å². The van der Waals surface area contributed by atoms with Gasteiger partial charge in [0.2, 0.25) is 11.9 Å². The number of likely N-dealkylation sites (tertiary alicyclic amines) is 1. The van der Waals surface area contributed by atoms with Crippen molar-refractivity contribution in [2.75, 3.05) is 50.7 Å². The molecule has 0 bridgehead atoms. The molecule has 4 aliphatic rings. The van der Waals surface area contributed by atoms with Crippen LogP contribution >= 0.6 is 0 Å². The fourth-order valence-electron chi connectivity index (χ4n) is 5.74. The Balaban J connectivity index is 1.00. The molecule has 0 atom stereocenters. The third-order valence-corrected chi connectivity index (χ3v) is 8.50. The molecule has 2 aromatic rings. The first-order valence-corrected chi connectivity index (χ1v) is 14.0. The normalized spacial score (nSPS) is 20.3. The summed E-state index contributed by atoms with van der Waals surface area (Å²) >= 11 is 0. The first-order valence-electron chi connectivity index (χ1n) is 14.0. The van der Waals surface area contributed by atoms with Crippen molar-refractivity contribution in [3.63, 3.8) is 0 Å². The molecular formula is C26H32F3N9O3. The summed E-state index contributed by atoms with van der Waals surface area (Å²) in [5, 5.41) is 9.95. The van der Waals surface area contributed by atoms with E-state index in [9.17, 15) is 27.6 Å². The predicted molar refractivity (Wildman–Crippen MR) is 140 cm³/mol. The summed E-state index contributed by atoms with van der Waals surface area (Å²) in [6.45, 7) is 4.16. The highest BCUT2D eigenvalue weighted by Crippen LogP contribution is 2.29. The van der Waals surface area contributed by atoms with Gasteiger partial charge in [0.25, 0.3) is 5.56 Å². The number of nitrogens with zero attached hydrogens (tertiary/aromatic N) is 7. The van der Waals surface area contributed by atoms with Gasteiger partial charge in [-0.3, -0.25) is 14.5 Å². The Morgan fingerprint density at radius 2 is 1.71 bits per heavy atom. The van der Waals surface area contributed by atoms with Gasteiger partial charge in [-0.05, 0) is 25.7 Å². The van der Waals surface area contributed by atoms with E-state index in [4.69, 9.17) is 0 Å². The van der Waals surface area contributed by atoms with Crippen LogP contribution < -0.4 is 15.8 Å².